The van der Waals surface area contributed by atoms with Gasteiger partial charge in [0.15, 0.2) is 0 Å². The summed E-state index contributed by atoms with van der Waals surface area (Å²) < 4.78 is 13.7. The van der Waals surface area contributed by atoms with E-state index in [9.17, 15) is 14.5 Å². The van der Waals surface area contributed by atoms with Gasteiger partial charge in [-0.1, -0.05) is 25.0 Å². The van der Waals surface area contributed by atoms with E-state index in [1.165, 1.54) is 12.8 Å². The number of hydrogen-bond acceptors (Lipinski definition) is 6. The summed E-state index contributed by atoms with van der Waals surface area (Å²) in [5.41, 5.74) is 1.71. The number of rotatable bonds is 8. The molecule has 2 heterocycles. The highest BCUT2D eigenvalue weighted by atomic mass is 31.2. The summed E-state index contributed by atoms with van der Waals surface area (Å²) in [5, 5.41) is 17.1. The van der Waals surface area contributed by atoms with E-state index in [0.29, 0.717) is 28.3 Å². The molecule has 8 heteroatoms. The third kappa shape index (κ3) is 5.05. The molecule has 4 fully saturated rings. The zero-order valence-electron chi connectivity index (χ0n) is 21.8. The predicted octanol–water partition coefficient (Wildman–Crippen LogP) is 5.21. The van der Waals surface area contributed by atoms with Crippen LogP contribution in [0.5, 0.6) is 0 Å². The van der Waals surface area contributed by atoms with Gasteiger partial charge in [-0.2, -0.15) is 0 Å². The number of aliphatic hydroxyl groups excluding tert-OH is 1. The third-order valence-corrected chi connectivity index (χ3v) is 12.6. The molecule has 198 valence electrons. The van der Waals surface area contributed by atoms with Crippen molar-refractivity contribution in [2.24, 2.45) is 5.41 Å². The van der Waals surface area contributed by atoms with Crippen molar-refractivity contribution in [3.63, 3.8) is 0 Å². The minimum Gasteiger partial charge on any atom is -0.394 e. The van der Waals surface area contributed by atoms with E-state index in [1.807, 2.05) is 43.1 Å². The van der Waals surface area contributed by atoms with Crippen molar-refractivity contribution in [1.29, 1.82) is 0 Å². The van der Waals surface area contributed by atoms with Gasteiger partial charge < -0.3 is 25.2 Å². The second kappa shape index (κ2) is 9.43. The molecule has 0 radical (unpaired) electrons. The Balaban J connectivity index is 1.25. The molecular weight excluding hydrogens is 483 g/mol. The van der Waals surface area contributed by atoms with Crippen LogP contribution in [0.4, 0.5) is 17.3 Å². The van der Waals surface area contributed by atoms with Gasteiger partial charge in [0.1, 0.15) is 18.8 Å². The maximum Gasteiger partial charge on any atom is 0.259 e. The van der Waals surface area contributed by atoms with E-state index in [0.717, 1.165) is 69.8 Å². The minimum absolute atomic E-state index is 0.0803. The van der Waals surface area contributed by atoms with Gasteiger partial charge >= 0.3 is 0 Å². The number of carbonyl (C=O) groups is 1. The first kappa shape index (κ1) is 24.9. The summed E-state index contributed by atoms with van der Waals surface area (Å²) in [6.45, 7) is 3.78. The molecule has 4 aliphatic rings. The van der Waals surface area contributed by atoms with Crippen molar-refractivity contribution in [3.8, 4) is 0 Å². The lowest BCUT2D eigenvalue weighted by Crippen LogP contribution is -2.36. The quantitative estimate of drug-likeness (QED) is 0.412. The number of anilines is 3. The Bertz CT molecular complexity index is 1220. The van der Waals surface area contributed by atoms with Gasteiger partial charge in [0.2, 0.25) is 0 Å². The molecule has 1 spiro atoms. The predicted molar refractivity (Wildman–Crippen MR) is 150 cm³/mol. The molecule has 0 bridgehead atoms. The van der Waals surface area contributed by atoms with Crippen LogP contribution in [0, 0.1) is 5.41 Å². The second-order valence-electron chi connectivity index (χ2n) is 12.1. The molecule has 7 nitrogen and oxygen atoms in total. The zero-order chi connectivity index (χ0) is 25.7. The van der Waals surface area contributed by atoms with Gasteiger partial charge in [0, 0.05) is 29.7 Å². The molecule has 1 aliphatic heterocycles. The van der Waals surface area contributed by atoms with Gasteiger partial charge in [-0.3, -0.25) is 4.79 Å². The van der Waals surface area contributed by atoms with Crippen LogP contribution in [0.15, 0.2) is 36.4 Å². The van der Waals surface area contributed by atoms with Crippen LogP contribution in [0.25, 0.3) is 0 Å². The van der Waals surface area contributed by atoms with E-state index in [-0.39, 0.29) is 23.7 Å². The number of pyridine rings is 1. The number of nitrogens with zero attached hydrogens (tertiary/aromatic N) is 2. The van der Waals surface area contributed by atoms with Crippen LogP contribution in [-0.2, 0) is 4.57 Å². The van der Waals surface area contributed by atoms with E-state index >= 15 is 0 Å². The molecule has 3 aliphatic carbocycles. The first-order valence-electron chi connectivity index (χ1n) is 14.0. The second-order valence-corrected chi connectivity index (χ2v) is 15.3. The maximum atomic E-state index is 13.7. The average Bonchev–Trinajstić information content (AvgIpc) is 3.79. The molecule has 3 N–H and O–H groups in total. The lowest BCUT2D eigenvalue weighted by molar-refractivity contribution is 0.102. The van der Waals surface area contributed by atoms with E-state index < -0.39 is 7.14 Å². The van der Waals surface area contributed by atoms with Gasteiger partial charge in [0.25, 0.3) is 5.91 Å². The van der Waals surface area contributed by atoms with Crippen LogP contribution >= 0.6 is 7.14 Å². The summed E-state index contributed by atoms with van der Waals surface area (Å²) in [6.07, 6.45) is 11.1. The monoisotopic (exact) mass is 522 g/mol. The van der Waals surface area contributed by atoms with Gasteiger partial charge in [0.05, 0.1) is 17.7 Å². The van der Waals surface area contributed by atoms with Crippen molar-refractivity contribution < 1.29 is 14.5 Å². The molecule has 2 aromatic rings. The van der Waals surface area contributed by atoms with Gasteiger partial charge in [-0.25, -0.2) is 4.98 Å². The van der Waals surface area contributed by atoms with Crippen molar-refractivity contribution in [1.82, 2.24) is 4.98 Å². The Morgan fingerprint density at radius 2 is 1.81 bits per heavy atom. The van der Waals surface area contributed by atoms with Gasteiger partial charge in [-0.05, 0) is 87.7 Å². The Kier molecular flexibility index (Phi) is 6.35. The Morgan fingerprint density at radius 1 is 1.08 bits per heavy atom. The van der Waals surface area contributed by atoms with Crippen LogP contribution in [0.1, 0.15) is 74.6 Å². The third-order valence-electron chi connectivity index (χ3n) is 9.39. The Hall–Kier alpha value is -2.37. The van der Waals surface area contributed by atoms with Crippen LogP contribution in [0.3, 0.4) is 0 Å². The molecule has 1 aromatic heterocycles. The summed E-state index contributed by atoms with van der Waals surface area (Å²) in [6, 6.07) is 11.3. The molecular formula is C29H39N4O3P. The Labute approximate surface area is 219 Å². The smallest absolute Gasteiger partial charge is 0.259 e. The van der Waals surface area contributed by atoms with Crippen molar-refractivity contribution in [3.05, 3.63) is 42.0 Å². The number of carbonyl (C=O) groups excluding carboxylic acids is 1. The standard InChI is InChI=1S/C29H39N4O3P/c1-37(36,22-6-2-3-7-22)23-8-4-5-21(19-23)30-27(35)24-9-10-25(32-29(20-34)13-14-29)31-26(24)33-17-15-28(11-12-28)16-18-33/h4-5,8-10,19,22,34H,2-3,6-7,11-18,20H2,1H3,(H,30,35)(H,31,32). The first-order chi connectivity index (χ1) is 17.8. The number of piperidine rings is 1. The number of amides is 1. The zero-order valence-corrected chi connectivity index (χ0v) is 22.7. The van der Waals surface area contributed by atoms with Crippen molar-refractivity contribution >= 4 is 35.7 Å². The van der Waals surface area contributed by atoms with Crippen LogP contribution < -0.4 is 20.8 Å². The number of nitrogens with one attached hydrogen (secondary N) is 2. The summed E-state index contributed by atoms with van der Waals surface area (Å²) >= 11 is 0. The highest BCUT2D eigenvalue weighted by Gasteiger charge is 2.45. The fourth-order valence-corrected chi connectivity index (χ4v) is 8.77. The highest BCUT2D eigenvalue weighted by Crippen LogP contribution is 2.54. The van der Waals surface area contributed by atoms with E-state index in [1.54, 1.807) is 0 Å². The lowest BCUT2D eigenvalue weighted by atomic mass is 9.93. The van der Waals surface area contributed by atoms with Crippen molar-refractivity contribution in [2.75, 3.05) is 41.9 Å². The molecule has 1 aromatic carbocycles. The number of hydrogen-bond donors (Lipinski definition) is 3. The van der Waals surface area contributed by atoms with Crippen LogP contribution in [0.2, 0.25) is 0 Å². The summed E-state index contributed by atoms with van der Waals surface area (Å²) in [4.78, 5) is 20.7. The Morgan fingerprint density at radius 3 is 2.46 bits per heavy atom. The summed E-state index contributed by atoms with van der Waals surface area (Å²) in [7, 11) is -2.50. The molecule has 1 saturated heterocycles. The number of aliphatic hydroxyl groups is 1. The SMILES string of the molecule is CP(=O)(c1cccc(NC(=O)c2ccc(NC3(CO)CC3)nc2N2CCC3(CC2)CC3)c1)C1CCCC1. The fraction of sp³-hybridized carbons (Fsp3) is 0.586. The molecule has 6 rings (SSSR count). The largest absolute Gasteiger partial charge is 0.394 e. The summed E-state index contributed by atoms with van der Waals surface area (Å²) in [5.74, 6) is 1.21. The highest BCUT2D eigenvalue weighted by molar-refractivity contribution is 7.71. The molecule has 1 atom stereocenters. The number of benzene rings is 1. The normalized spacial score (nSPS) is 23.5. The molecule has 3 saturated carbocycles. The number of aromatic nitrogens is 1. The van der Waals surface area contributed by atoms with Crippen LogP contribution in [-0.4, -0.2) is 53.6 Å². The first-order valence-corrected chi connectivity index (χ1v) is 16.2. The average molecular weight is 523 g/mol. The van der Waals surface area contributed by atoms with Gasteiger partial charge in [-0.15, -0.1) is 0 Å². The van der Waals surface area contributed by atoms with E-state index in [2.05, 4.69) is 15.5 Å². The molecule has 37 heavy (non-hydrogen) atoms. The topological polar surface area (TPSA) is 94.6 Å². The lowest BCUT2D eigenvalue weighted by Gasteiger charge is -2.34. The molecule has 1 unspecified atom stereocenters. The van der Waals surface area contributed by atoms with Crippen molar-refractivity contribution in [2.45, 2.75) is 75.4 Å². The maximum absolute atomic E-state index is 13.7. The fourth-order valence-electron chi connectivity index (χ4n) is 6.22. The molecule has 1 amide bonds. The van der Waals surface area contributed by atoms with E-state index in [4.69, 9.17) is 4.98 Å². The minimum atomic E-state index is -2.50.